The molecule has 9 heteroatoms. The minimum absolute atomic E-state index is 0.191. The largest absolute Gasteiger partial charge is 0.365 e. The first kappa shape index (κ1) is 24.3. The topological polar surface area (TPSA) is 80.1 Å². The Hall–Kier alpha value is -3.36. The van der Waals surface area contributed by atoms with E-state index in [1.54, 1.807) is 16.7 Å². The maximum atomic E-state index is 13.9. The number of hydrogen-bond acceptors (Lipinski definition) is 5. The molecular weight excluding hydrogens is 464 g/mol. The number of fused-ring (bicyclic) bond motifs is 1. The van der Waals surface area contributed by atoms with Crippen molar-refractivity contribution >= 4 is 22.9 Å². The Morgan fingerprint density at radius 2 is 1.81 bits per heavy atom. The number of anilines is 1. The van der Waals surface area contributed by atoms with Crippen LogP contribution in [0.1, 0.15) is 51.4 Å². The van der Waals surface area contributed by atoms with Crippen molar-refractivity contribution in [2.24, 2.45) is 5.92 Å². The van der Waals surface area contributed by atoms with Crippen molar-refractivity contribution in [3.8, 4) is 11.3 Å². The number of amides is 1. The number of halogens is 2. The molecule has 0 bridgehead atoms. The molecule has 2 fully saturated rings. The number of rotatable bonds is 8. The molecule has 1 aromatic carbocycles. The van der Waals surface area contributed by atoms with Gasteiger partial charge in [0.25, 0.3) is 5.56 Å². The highest BCUT2D eigenvalue weighted by atomic mass is 19.2. The Labute approximate surface area is 208 Å². The van der Waals surface area contributed by atoms with Gasteiger partial charge in [-0.15, -0.1) is 0 Å². The summed E-state index contributed by atoms with van der Waals surface area (Å²) in [7, 11) is 0. The second-order valence-electron chi connectivity index (χ2n) is 9.81. The highest BCUT2D eigenvalue weighted by molar-refractivity contribution is 5.78. The molecule has 190 valence electrons. The van der Waals surface area contributed by atoms with E-state index in [0.717, 1.165) is 57.2 Å². The minimum atomic E-state index is -0.942. The number of pyridine rings is 1. The Morgan fingerprint density at radius 1 is 0.972 bits per heavy atom. The molecule has 2 aliphatic rings. The number of carbonyl (C=O) groups is 1. The maximum absolute atomic E-state index is 13.9. The fourth-order valence-corrected chi connectivity index (χ4v) is 5.27. The molecule has 0 unspecified atom stereocenters. The van der Waals surface area contributed by atoms with Gasteiger partial charge >= 0.3 is 0 Å². The van der Waals surface area contributed by atoms with Gasteiger partial charge in [0.2, 0.25) is 5.91 Å². The van der Waals surface area contributed by atoms with Gasteiger partial charge in [0.1, 0.15) is 5.52 Å². The summed E-state index contributed by atoms with van der Waals surface area (Å²) in [5.41, 5.74) is 1.66. The summed E-state index contributed by atoms with van der Waals surface area (Å²) in [6, 6.07) is 7.14. The number of nitrogens with one attached hydrogen (secondary N) is 1. The summed E-state index contributed by atoms with van der Waals surface area (Å²) < 4.78 is 29.0. The zero-order valence-corrected chi connectivity index (χ0v) is 20.3. The Bertz CT molecular complexity index is 1320. The van der Waals surface area contributed by atoms with Gasteiger partial charge in [0.05, 0.1) is 5.69 Å². The molecule has 1 saturated carbocycles. The molecule has 1 N–H and O–H groups in total. The van der Waals surface area contributed by atoms with Gasteiger partial charge in [-0.05, 0) is 61.9 Å². The molecule has 0 atom stereocenters. The maximum Gasteiger partial charge on any atom is 0.294 e. The third-order valence-corrected chi connectivity index (χ3v) is 7.24. The van der Waals surface area contributed by atoms with Crippen LogP contribution in [0.3, 0.4) is 0 Å². The Kier molecular flexibility index (Phi) is 7.25. The molecular formula is C27H31F2N5O2. The smallest absolute Gasteiger partial charge is 0.294 e. The average Bonchev–Trinajstić information content (AvgIpc) is 3.30. The molecule has 0 spiro atoms. The number of aromatic nitrogens is 3. The molecule has 5 rings (SSSR count). The summed E-state index contributed by atoms with van der Waals surface area (Å²) in [5.74, 6) is -1.02. The molecule has 2 aromatic heterocycles. The summed E-state index contributed by atoms with van der Waals surface area (Å²) >= 11 is 0. The van der Waals surface area contributed by atoms with Crippen molar-refractivity contribution < 1.29 is 13.6 Å². The van der Waals surface area contributed by atoms with Gasteiger partial charge in [-0.1, -0.05) is 19.3 Å². The van der Waals surface area contributed by atoms with E-state index in [2.05, 4.69) is 15.3 Å². The highest BCUT2D eigenvalue weighted by Crippen LogP contribution is 2.27. The molecule has 1 saturated heterocycles. The summed E-state index contributed by atoms with van der Waals surface area (Å²) in [6.45, 7) is 2.53. The summed E-state index contributed by atoms with van der Waals surface area (Å²) in [6.07, 6.45) is 7.88. The zero-order chi connectivity index (χ0) is 25.1. The summed E-state index contributed by atoms with van der Waals surface area (Å²) in [4.78, 5) is 36.5. The lowest BCUT2D eigenvalue weighted by Gasteiger charge is -2.23. The first-order chi connectivity index (χ1) is 17.5. The highest BCUT2D eigenvalue weighted by Gasteiger charge is 2.21. The van der Waals surface area contributed by atoms with Crippen molar-refractivity contribution in [3.05, 3.63) is 52.3 Å². The van der Waals surface area contributed by atoms with Crippen LogP contribution in [0.4, 0.5) is 14.6 Å². The number of nitrogens with zero attached hydrogens (tertiary/aromatic N) is 4. The molecule has 1 amide bonds. The first-order valence-electron chi connectivity index (χ1n) is 12.9. The van der Waals surface area contributed by atoms with Crippen LogP contribution >= 0.6 is 0 Å². The zero-order valence-electron chi connectivity index (χ0n) is 20.3. The van der Waals surface area contributed by atoms with Crippen molar-refractivity contribution in [2.45, 2.75) is 57.9 Å². The van der Waals surface area contributed by atoms with E-state index in [9.17, 15) is 18.4 Å². The third kappa shape index (κ3) is 5.24. The molecule has 0 radical (unpaired) electrons. The van der Waals surface area contributed by atoms with Crippen LogP contribution in [0, 0.1) is 17.6 Å². The molecule has 3 aromatic rings. The van der Waals surface area contributed by atoms with Gasteiger partial charge in [-0.2, -0.15) is 0 Å². The monoisotopic (exact) mass is 495 g/mol. The standard InChI is InChI=1S/C27H31F2N5O2/c28-20-10-9-19(16-21(20)29)22-11-12-23-26(32-22)34(17-18-6-2-1-3-7-18)27(36)25(31-23)30-13-5-15-33-14-4-8-24(33)35/h9-12,16,18H,1-8,13-15,17H2,(H,30,31). The normalized spacial score (nSPS) is 16.7. The van der Waals surface area contributed by atoms with E-state index < -0.39 is 11.6 Å². The van der Waals surface area contributed by atoms with E-state index >= 15 is 0 Å². The fourth-order valence-electron chi connectivity index (χ4n) is 5.27. The van der Waals surface area contributed by atoms with Gasteiger partial charge in [-0.3, -0.25) is 14.2 Å². The van der Waals surface area contributed by atoms with Crippen molar-refractivity contribution in [1.82, 2.24) is 19.4 Å². The quantitative estimate of drug-likeness (QED) is 0.457. The van der Waals surface area contributed by atoms with Gasteiger partial charge in [-0.25, -0.2) is 18.7 Å². The lowest BCUT2D eigenvalue weighted by molar-refractivity contribution is -0.127. The number of benzene rings is 1. The van der Waals surface area contributed by atoms with Crippen LogP contribution in [0.2, 0.25) is 0 Å². The van der Waals surface area contributed by atoms with Crippen molar-refractivity contribution in [2.75, 3.05) is 25.0 Å². The second kappa shape index (κ2) is 10.7. The van der Waals surface area contributed by atoms with Crippen molar-refractivity contribution in [1.29, 1.82) is 0 Å². The van der Waals surface area contributed by atoms with E-state index in [-0.39, 0.29) is 17.3 Å². The average molecular weight is 496 g/mol. The lowest BCUT2D eigenvalue weighted by Crippen LogP contribution is -2.31. The summed E-state index contributed by atoms with van der Waals surface area (Å²) in [5, 5.41) is 3.18. The number of carbonyl (C=O) groups excluding carboxylic acids is 1. The van der Waals surface area contributed by atoms with Crippen molar-refractivity contribution in [3.63, 3.8) is 0 Å². The number of hydrogen-bond donors (Lipinski definition) is 1. The molecule has 36 heavy (non-hydrogen) atoms. The van der Waals surface area contributed by atoms with E-state index in [0.29, 0.717) is 54.4 Å². The molecule has 7 nitrogen and oxygen atoms in total. The predicted molar refractivity (Wildman–Crippen MR) is 135 cm³/mol. The van der Waals surface area contributed by atoms with Crippen LogP contribution in [0.5, 0.6) is 0 Å². The second-order valence-corrected chi connectivity index (χ2v) is 9.81. The van der Waals surface area contributed by atoms with Gasteiger partial charge in [0, 0.05) is 38.2 Å². The molecule has 1 aliphatic heterocycles. The van der Waals surface area contributed by atoms with Crippen LogP contribution in [0.25, 0.3) is 22.4 Å². The van der Waals surface area contributed by atoms with Gasteiger partial charge in [0.15, 0.2) is 23.1 Å². The molecule has 1 aliphatic carbocycles. The first-order valence-corrected chi connectivity index (χ1v) is 12.9. The predicted octanol–water partition coefficient (Wildman–Crippen LogP) is 4.74. The Morgan fingerprint density at radius 3 is 2.56 bits per heavy atom. The van der Waals surface area contributed by atoms with E-state index in [1.807, 2.05) is 4.90 Å². The Balaban J connectivity index is 1.44. The number of likely N-dealkylation sites (tertiary alicyclic amines) is 1. The fraction of sp³-hybridized carbons (Fsp3) is 0.481. The molecule has 3 heterocycles. The van der Waals surface area contributed by atoms with Gasteiger partial charge < -0.3 is 10.2 Å². The van der Waals surface area contributed by atoms with E-state index in [4.69, 9.17) is 0 Å². The van der Waals surface area contributed by atoms with Crippen LogP contribution < -0.4 is 10.9 Å². The minimum Gasteiger partial charge on any atom is -0.365 e. The SMILES string of the molecule is O=C1CCCN1CCCNc1nc2ccc(-c3ccc(F)c(F)c3)nc2n(CC2CCCCC2)c1=O. The van der Waals surface area contributed by atoms with Crippen LogP contribution in [0.15, 0.2) is 35.1 Å². The third-order valence-electron chi connectivity index (χ3n) is 7.24. The lowest BCUT2D eigenvalue weighted by atomic mass is 9.89. The van der Waals surface area contributed by atoms with E-state index in [1.165, 1.54) is 12.5 Å². The van der Waals surface area contributed by atoms with Crippen LogP contribution in [-0.4, -0.2) is 45.0 Å². The van der Waals surface area contributed by atoms with Crippen LogP contribution in [-0.2, 0) is 11.3 Å².